The van der Waals surface area contributed by atoms with Gasteiger partial charge in [0, 0.05) is 24.4 Å². The Morgan fingerprint density at radius 1 is 1.43 bits per heavy atom. The zero-order chi connectivity index (χ0) is 15.6. The van der Waals surface area contributed by atoms with Gasteiger partial charge in [-0.15, -0.1) is 0 Å². The fraction of sp³-hybridized carbons (Fsp3) is 0.500. The summed E-state index contributed by atoms with van der Waals surface area (Å²) < 4.78 is 22.7. The molecule has 0 bridgehead atoms. The van der Waals surface area contributed by atoms with Gasteiger partial charge in [-0.2, -0.15) is 11.8 Å². The lowest BCUT2D eigenvalue weighted by molar-refractivity contribution is -0.384. The second kappa shape index (κ2) is 6.20. The average Bonchev–Trinajstić information content (AvgIpc) is 2.61. The molecule has 0 aromatic heterocycles. The molecule has 0 radical (unpaired) electrons. The third kappa shape index (κ3) is 3.66. The van der Waals surface area contributed by atoms with Crippen molar-refractivity contribution < 1.29 is 13.3 Å². The first-order valence-electron chi connectivity index (χ1n) is 6.46. The molecule has 1 aliphatic heterocycles. The Kier molecular flexibility index (Phi) is 4.74. The van der Waals surface area contributed by atoms with Crippen LogP contribution in [0.5, 0.6) is 0 Å². The molecule has 116 valence electrons. The van der Waals surface area contributed by atoms with Crippen molar-refractivity contribution in [1.29, 1.82) is 0 Å². The van der Waals surface area contributed by atoms with E-state index in [9.17, 15) is 18.5 Å². The number of rotatable bonds is 3. The first-order valence-corrected chi connectivity index (χ1v) is 9.16. The fourth-order valence-electron chi connectivity index (χ4n) is 2.32. The largest absolute Gasteiger partial charge is 0.362 e. The highest BCUT2D eigenvalue weighted by Gasteiger charge is 2.26. The molecule has 2 N–H and O–H groups in total. The molecule has 0 amide bonds. The Labute approximate surface area is 127 Å². The normalized spacial score (nSPS) is 20.1. The highest BCUT2D eigenvalue weighted by Crippen LogP contribution is 2.33. The predicted octanol–water partition coefficient (Wildman–Crippen LogP) is 1.57. The van der Waals surface area contributed by atoms with Crippen LogP contribution in [-0.2, 0) is 10.0 Å². The second-order valence-corrected chi connectivity index (χ2v) is 7.68. The van der Waals surface area contributed by atoms with Gasteiger partial charge in [-0.25, -0.2) is 13.6 Å². The van der Waals surface area contributed by atoms with Crippen LogP contribution >= 0.6 is 11.8 Å². The fourth-order valence-corrected chi connectivity index (χ4v) is 3.89. The van der Waals surface area contributed by atoms with Crippen LogP contribution in [0.15, 0.2) is 23.1 Å². The molecule has 1 aromatic carbocycles. The Bertz CT molecular complexity index is 648. The van der Waals surface area contributed by atoms with Crippen molar-refractivity contribution in [2.75, 3.05) is 23.0 Å². The SMILES string of the molecule is CC1CCSCCN1c1ccc(S(N)(=O)=O)cc1[N+](=O)[O-]. The van der Waals surface area contributed by atoms with E-state index in [0.717, 1.165) is 24.0 Å². The first kappa shape index (κ1) is 16.1. The number of nitrogens with zero attached hydrogens (tertiary/aromatic N) is 2. The maximum absolute atomic E-state index is 11.4. The third-order valence-corrected chi connectivity index (χ3v) is 5.38. The molecule has 0 saturated carbocycles. The van der Waals surface area contributed by atoms with Crippen LogP contribution in [0, 0.1) is 10.1 Å². The summed E-state index contributed by atoms with van der Waals surface area (Å²) in [5.74, 6) is 1.90. The van der Waals surface area contributed by atoms with E-state index in [1.165, 1.54) is 12.1 Å². The number of hydrogen-bond donors (Lipinski definition) is 1. The van der Waals surface area contributed by atoms with E-state index in [4.69, 9.17) is 5.14 Å². The minimum atomic E-state index is -3.95. The summed E-state index contributed by atoms with van der Waals surface area (Å²) in [4.78, 5) is 12.4. The van der Waals surface area contributed by atoms with Gasteiger partial charge in [0.1, 0.15) is 5.69 Å². The van der Waals surface area contributed by atoms with Crippen molar-refractivity contribution in [3.63, 3.8) is 0 Å². The molecule has 1 saturated heterocycles. The Hall–Kier alpha value is -1.32. The number of anilines is 1. The van der Waals surface area contributed by atoms with Crippen molar-refractivity contribution in [2.24, 2.45) is 5.14 Å². The Morgan fingerprint density at radius 3 is 2.76 bits per heavy atom. The molecular weight excluding hydrogens is 314 g/mol. The molecule has 2 rings (SSSR count). The Balaban J connectivity index is 2.50. The number of nitrogens with two attached hydrogens (primary N) is 1. The molecule has 1 aliphatic rings. The van der Waals surface area contributed by atoms with E-state index in [1.807, 2.05) is 23.6 Å². The molecule has 1 unspecified atom stereocenters. The van der Waals surface area contributed by atoms with E-state index in [2.05, 4.69) is 0 Å². The number of nitro groups is 1. The van der Waals surface area contributed by atoms with Gasteiger partial charge in [-0.3, -0.25) is 10.1 Å². The van der Waals surface area contributed by atoms with E-state index < -0.39 is 14.9 Å². The van der Waals surface area contributed by atoms with Crippen LogP contribution in [0.1, 0.15) is 13.3 Å². The van der Waals surface area contributed by atoms with Gasteiger partial charge in [0.25, 0.3) is 5.69 Å². The summed E-state index contributed by atoms with van der Waals surface area (Å²) in [6.07, 6.45) is 0.929. The van der Waals surface area contributed by atoms with E-state index in [1.54, 1.807) is 0 Å². The lowest BCUT2D eigenvalue weighted by Gasteiger charge is -2.28. The maximum Gasteiger partial charge on any atom is 0.293 e. The van der Waals surface area contributed by atoms with Gasteiger partial charge in [-0.1, -0.05) is 0 Å². The van der Waals surface area contributed by atoms with Crippen molar-refractivity contribution in [1.82, 2.24) is 0 Å². The summed E-state index contributed by atoms with van der Waals surface area (Å²) in [5, 5.41) is 16.3. The van der Waals surface area contributed by atoms with Crippen LogP contribution in [0.2, 0.25) is 0 Å². The number of sulfonamides is 1. The molecule has 7 nitrogen and oxygen atoms in total. The molecule has 0 aliphatic carbocycles. The summed E-state index contributed by atoms with van der Waals surface area (Å²) in [5.41, 5.74) is 0.225. The zero-order valence-corrected chi connectivity index (χ0v) is 13.2. The number of thioether (sulfide) groups is 1. The lowest BCUT2D eigenvalue weighted by Crippen LogP contribution is -2.34. The molecule has 1 atom stereocenters. The van der Waals surface area contributed by atoms with Gasteiger partial charge < -0.3 is 4.90 Å². The van der Waals surface area contributed by atoms with Crippen LogP contribution in [-0.4, -0.2) is 37.4 Å². The quantitative estimate of drug-likeness (QED) is 0.665. The topological polar surface area (TPSA) is 107 Å². The summed E-state index contributed by atoms with van der Waals surface area (Å²) in [7, 11) is -3.95. The van der Waals surface area contributed by atoms with Crippen molar-refractivity contribution in [3.8, 4) is 0 Å². The molecule has 1 heterocycles. The van der Waals surface area contributed by atoms with E-state index in [0.29, 0.717) is 12.2 Å². The molecular formula is C12H17N3O4S2. The minimum Gasteiger partial charge on any atom is -0.362 e. The van der Waals surface area contributed by atoms with Crippen LogP contribution in [0.3, 0.4) is 0 Å². The first-order chi connectivity index (χ1) is 9.80. The summed E-state index contributed by atoms with van der Waals surface area (Å²) in [6.45, 7) is 2.71. The molecule has 21 heavy (non-hydrogen) atoms. The molecule has 1 fully saturated rings. The van der Waals surface area contributed by atoms with Crippen molar-refractivity contribution >= 4 is 33.2 Å². The van der Waals surface area contributed by atoms with Crippen molar-refractivity contribution in [2.45, 2.75) is 24.3 Å². The van der Waals surface area contributed by atoms with E-state index >= 15 is 0 Å². The minimum absolute atomic E-state index is 0.166. The van der Waals surface area contributed by atoms with E-state index in [-0.39, 0.29) is 16.6 Å². The molecule has 0 spiro atoms. The number of primary sulfonamides is 1. The summed E-state index contributed by atoms with van der Waals surface area (Å²) >= 11 is 1.81. The van der Waals surface area contributed by atoms with Gasteiger partial charge >= 0.3 is 0 Å². The van der Waals surface area contributed by atoms with Crippen LogP contribution in [0.25, 0.3) is 0 Å². The molecule has 9 heteroatoms. The Morgan fingerprint density at radius 2 is 2.14 bits per heavy atom. The van der Waals surface area contributed by atoms with Gasteiger partial charge in [0.2, 0.25) is 10.0 Å². The number of nitro benzene ring substituents is 1. The maximum atomic E-state index is 11.4. The number of benzene rings is 1. The third-order valence-electron chi connectivity index (χ3n) is 3.47. The zero-order valence-electron chi connectivity index (χ0n) is 11.6. The summed E-state index contributed by atoms with van der Waals surface area (Å²) in [6, 6.07) is 4.00. The van der Waals surface area contributed by atoms with Crippen LogP contribution < -0.4 is 10.0 Å². The smallest absolute Gasteiger partial charge is 0.293 e. The lowest BCUT2D eigenvalue weighted by atomic mass is 10.1. The highest BCUT2D eigenvalue weighted by atomic mass is 32.2. The van der Waals surface area contributed by atoms with Gasteiger partial charge in [-0.05, 0) is 31.2 Å². The van der Waals surface area contributed by atoms with Crippen LogP contribution in [0.4, 0.5) is 11.4 Å². The average molecular weight is 331 g/mol. The van der Waals surface area contributed by atoms with Crippen molar-refractivity contribution in [3.05, 3.63) is 28.3 Å². The molecule has 1 aromatic rings. The second-order valence-electron chi connectivity index (χ2n) is 4.90. The number of hydrogen-bond acceptors (Lipinski definition) is 6. The van der Waals surface area contributed by atoms with Gasteiger partial charge in [0.05, 0.1) is 9.82 Å². The van der Waals surface area contributed by atoms with Gasteiger partial charge in [0.15, 0.2) is 0 Å². The predicted molar refractivity (Wildman–Crippen MR) is 83.2 cm³/mol. The standard InChI is InChI=1S/C12H17N3O4S2/c1-9-4-6-20-7-5-14(9)11-3-2-10(21(13,18)19)8-12(11)15(16)17/h2-3,8-9H,4-7H2,1H3,(H2,13,18,19). The monoisotopic (exact) mass is 331 g/mol. The highest BCUT2D eigenvalue weighted by molar-refractivity contribution is 7.99.